The van der Waals surface area contributed by atoms with Gasteiger partial charge in [0.15, 0.2) is 15.8 Å². The molecule has 0 aromatic heterocycles. The van der Waals surface area contributed by atoms with Crippen molar-refractivity contribution in [1.29, 1.82) is 0 Å². The predicted molar refractivity (Wildman–Crippen MR) is 114 cm³/mol. The van der Waals surface area contributed by atoms with Crippen LogP contribution in [-0.4, -0.2) is 40.8 Å². The number of halogens is 1. The highest BCUT2D eigenvalue weighted by Gasteiger charge is 2.11. The van der Waals surface area contributed by atoms with E-state index >= 15 is 0 Å². The third-order valence-corrected chi connectivity index (χ3v) is 5.01. The minimum absolute atomic E-state index is 0.141. The molecule has 8 heteroatoms. The zero-order valence-corrected chi connectivity index (χ0v) is 17.9. The second-order valence-electron chi connectivity index (χ2n) is 6.71. The minimum atomic E-state index is -3.22. The molecule has 2 aromatic rings. The van der Waals surface area contributed by atoms with Crippen molar-refractivity contribution in [2.45, 2.75) is 25.6 Å². The van der Waals surface area contributed by atoms with E-state index in [4.69, 9.17) is 4.74 Å². The summed E-state index contributed by atoms with van der Waals surface area (Å²) >= 11 is 0. The highest BCUT2D eigenvalue weighted by Crippen LogP contribution is 2.16. The van der Waals surface area contributed by atoms with Gasteiger partial charge < -0.3 is 15.4 Å². The van der Waals surface area contributed by atoms with Crippen molar-refractivity contribution in [1.82, 2.24) is 10.6 Å². The van der Waals surface area contributed by atoms with E-state index in [0.29, 0.717) is 30.2 Å². The number of sulfone groups is 1. The topological polar surface area (TPSA) is 79.8 Å². The van der Waals surface area contributed by atoms with Gasteiger partial charge in [-0.25, -0.2) is 17.8 Å². The molecule has 0 heterocycles. The summed E-state index contributed by atoms with van der Waals surface area (Å²) in [5, 5.41) is 6.39. The lowest BCUT2D eigenvalue weighted by molar-refractivity contribution is 0.414. The molecule has 0 radical (unpaired) electrons. The Labute approximate surface area is 172 Å². The maximum atomic E-state index is 13.7. The summed E-state index contributed by atoms with van der Waals surface area (Å²) in [5.74, 6) is 0.846. The number of ether oxygens (including phenoxy) is 1. The van der Waals surface area contributed by atoms with Gasteiger partial charge in [-0.2, -0.15) is 0 Å². The van der Waals surface area contributed by atoms with Gasteiger partial charge in [-0.05, 0) is 54.3 Å². The number of nitrogens with zero attached hydrogens (tertiary/aromatic N) is 1. The van der Waals surface area contributed by atoms with Crippen LogP contribution >= 0.6 is 0 Å². The Kier molecular flexibility index (Phi) is 8.45. The molecule has 0 saturated heterocycles. The first-order valence-electron chi connectivity index (χ1n) is 9.41. The molecule has 0 saturated carbocycles. The Morgan fingerprint density at radius 2 is 1.93 bits per heavy atom. The van der Waals surface area contributed by atoms with E-state index < -0.39 is 15.7 Å². The van der Waals surface area contributed by atoms with Crippen LogP contribution in [0.2, 0.25) is 0 Å². The standard InChI is InChI=1S/C21H28FN3O3S/c1-4-23-21(24-11-10-16-6-5-7-20(12-16)28-2)25-14-18-13-19(22)9-8-17(18)15-29(3,26)27/h5-9,12-13H,4,10-11,14-15H2,1-3H3,(H2,23,24,25). The third kappa shape index (κ3) is 8.11. The van der Waals surface area contributed by atoms with Crippen molar-refractivity contribution in [2.24, 2.45) is 4.99 Å². The van der Waals surface area contributed by atoms with Crippen molar-refractivity contribution in [3.05, 3.63) is 65.0 Å². The summed E-state index contributed by atoms with van der Waals surface area (Å²) in [6.07, 6.45) is 1.94. The van der Waals surface area contributed by atoms with Gasteiger partial charge in [0.05, 0.1) is 19.4 Å². The molecule has 0 aliphatic carbocycles. The largest absolute Gasteiger partial charge is 0.497 e. The van der Waals surface area contributed by atoms with E-state index in [9.17, 15) is 12.8 Å². The van der Waals surface area contributed by atoms with Crippen LogP contribution in [0, 0.1) is 5.82 Å². The van der Waals surface area contributed by atoms with E-state index in [1.54, 1.807) is 7.11 Å². The summed E-state index contributed by atoms with van der Waals surface area (Å²) in [4.78, 5) is 4.49. The number of hydrogen-bond donors (Lipinski definition) is 2. The molecular formula is C21H28FN3O3S. The van der Waals surface area contributed by atoms with Crippen molar-refractivity contribution in [3.8, 4) is 5.75 Å². The first kappa shape index (κ1) is 22.7. The SMILES string of the molecule is CCNC(=NCc1cc(F)ccc1CS(C)(=O)=O)NCCc1cccc(OC)c1. The minimum Gasteiger partial charge on any atom is -0.497 e. The van der Waals surface area contributed by atoms with Gasteiger partial charge in [0.1, 0.15) is 11.6 Å². The van der Waals surface area contributed by atoms with Gasteiger partial charge in [-0.3, -0.25) is 0 Å². The molecule has 0 fully saturated rings. The number of methoxy groups -OCH3 is 1. The van der Waals surface area contributed by atoms with Crippen LogP contribution in [0.1, 0.15) is 23.6 Å². The third-order valence-electron chi connectivity index (χ3n) is 4.18. The highest BCUT2D eigenvalue weighted by molar-refractivity contribution is 7.89. The van der Waals surface area contributed by atoms with Gasteiger partial charge in [0, 0.05) is 19.3 Å². The number of nitrogens with one attached hydrogen (secondary N) is 2. The molecule has 2 rings (SSSR count). The Hall–Kier alpha value is -2.61. The lowest BCUT2D eigenvalue weighted by atomic mass is 10.1. The summed E-state index contributed by atoms with van der Waals surface area (Å²) < 4.78 is 42.2. The average molecular weight is 422 g/mol. The molecule has 2 N–H and O–H groups in total. The number of rotatable bonds is 9. The van der Waals surface area contributed by atoms with Gasteiger partial charge in [0.25, 0.3) is 0 Å². The van der Waals surface area contributed by atoms with Crippen molar-refractivity contribution in [3.63, 3.8) is 0 Å². The lowest BCUT2D eigenvalue weighted by Crippen LogP contribution is -2.38. The van der Waals surface area contributed by atoms with Gasteiger partial charge in [-0.15, -0.1) is 0 Å². The van der Waals surface area contributed by atoms with Crippen LogP contribution in [-0.2, 0) is 28.6 Å². The number of guanidine groups is 1. The molecule has 6 nitrogen and oxygen atoms in total. The molecule has 2 aromatic carbocycles. The first-order valence-corrected chi connectivity index (χ1v) is 11.5. The van der Waals surface area contributed by atoms with E-state index in [0.717, 1.165) is 24.0 Å². The molecule has 0 bridgehead atoms. The molecule has 0 spiro atoms. The predicted octanol–water partition coefficient (Wildman–Crippen LogP) is 2.68. The molecule has 0 amide bonds. The maximum Gasteiger partial charge on any atom is 0.191 e. The summed E-state index contributed by atoms with van der Waals surface area (Å²) in [6, 6.07) is 12.0. The van der Waals surface area contributed by atoms with Gasteiger partial charge >= 0.3 is 0 Å². The molecule has 29 heavy (non-hydrogen) atoms. The van der Waals surface area contributed by atoms with E-state index in [1.165, 1.54) is 18.2 Å². The van der Waals surface area contributed by atoms with Crippen LogP contribution in [0.3, 0.4) is 0 Å². The number of aliphatic imine (C=N–C) groups is 1. The van der Waals surface area contributed by atoms with Crippen LogP contribution in [0.25, 0.3) is 0 Å². The van der Waals surface area contributed by atoms with Crippen LogP contribution in [0.4, 0.5) is 4.39 Å². The van der Waals surface area contributed by atoms with Crippen LogP contribution < -0.4 is 15.4 Å². The Morgan fingerprint density at radius 1 is 1.14 bits per heavy atom. The monoisotopic (exact) mass is 421 g/mol. The Balaban J connectivity index is 2.05. The molecule has 0 atom stereocenters. The fourth-order valence-corrected chi connectivity index (χ4v) is 3.67. The fourth-order valence-electron chi connectivity index (χ4n) is 2.82. The second kappa shape index (κ2) is 10.8. The summed E-state index contributed by atoms with van der Waals surface area (Å²) in [5.41, 5.74) is 2.25. The van der Waals surface area contributed by atoms with E-state index in [2.05, 4.69) is 15.6 Å². The van der Waals surface area contributed by atoms with Gasteiger partial charge in [0.2, 0.25) is 0 Å². The van der Waals surface area contributed by atoms with Crippen LogP contribution in [0.5, 0.6) is 5.75 Å². The normalized spacial score (nSPS) is 11.9. The molecular weight excluding hydrogens is 393 g/mol. The number of hydrogen-bond acceptors (Lipinski definition) is 4. The first-order chi connectivity index (χ1) is 13.8. The van der Waals surface area contributed by atoms with Crippen molar-refractivity contribution >= 4 is 15.8 Å². The van der Waals surface area contributed by atoms with Gasteiger partial charge in [-0.1, -0.05) is 18.2 Å². The second-order valence-corrected chi connectivity index (χ2v) is 8.85. The molecule has 0 unspecified atom stereocenters. The lowest BCUT2D eigenvalue weighted by Gasteiger charge is -2.13. The highest BCUT2D eigenvalue weighted by atomic mass is 32.2. The van der Waals surface area contributed by atoms with Crippen molar-refractivity contribution < 1.29 is 17.5 Å². The van der Waals surface area contributed by atoms with Crippen LogP contribution in [0.15, 0.2) is 47.5 Å². The Bertz CT molecular complexity index is 946. The zero-order valence-electron chi connectivity index (χ0n) is 17.0. The van der Waals surface area contributed by atoms with E-state index in [-0.39, 0.29) is 12.3 Å². The van der Waals surface area contributed by atoms with Crippen molar-refractivity contribution in [2.75, 3.05) is 26.5 Å². The molecule has 0 aliphatic rings. The smallest absolute Gasteiger partial charge is 0.191 e. The quantitative estimate of drug-likeness (QED) is 0.481. The summed E-state index contributed by atoms with van der Waals surface area (Å²) in [7, 11) is -1.59. The zero-order chi connectivity index (χ0) is 21.3. The molecule has 0 aliphatic heterocycles. The Morgan fingerprint density at radius 3 is 2.62 bits per heavy atom. The average Bonchev–Trinajstić information content (AvgIpc) is 2.67. The van der Waals surface area contributed by atoms with E-state index in [1.807, 2.05) is 31.2 Å². The number of benzene rings is 2. The molecule has 158 valence electrons. The fraction of sp³-hybridized carbons (Fsp3) is 0.381. The maximum absolute atomic E-state index is 13.7. The summed E-state index contributed by atoms with van der Waals surface area (Å²) in [6.45, 7) is 3.45.